The Bertz CT molecular complexity index is 672. The van der Waals surface area contributed by atoms with Gasteiger partial charge in [0, 0.05) is 6.54 Å². The third kappa shape index (κ3) is 4.67. The van der Waals surface area contributed by atoms with Gasteiger partial charge in [0.1, 0.15) is 17.7 Å². The van der Waals surface area contributed by atoms with Crippen LogP contribution in [0.1, 0.15) is 36.7 Å². The van der Waals surface area contributed by atoms with Crippen molar-refractivity contribution in [2.24, 2.45) is 0 Å². The number of amides is 1. The minimum atomic E-state index is -0.854. The fourth-order valence-electron chi connectivity index (χ4n) is 3.20. The Balaban J connectivity index is 1.57. The third-order valence-electron chi connectivity index (χ3n) is 4.56. The predicted molar refractivity (Wildman–Crippen MR) is 91.1 cm³/mol. The smallest absolute Gasteiger partial charge is 0.237 e. The lowest BCUT2D eigenvalue weighted by atomic mass is 10.00. The minimum absolute atomic E-state index is 0.0904. The normalized spacial score (nSPS) is 19.5. The molecule has 2 unspecified atom stereocenters. The maximum absolute atomic E-state index is 13.1. The van der Waals surface area contributed by atoms with Gasteiger partial charge in [-0.2, -0.15) is 0 Å². The van der Waals surface area contributed by atoms with E-state index < -0.39 is 6.10 Å². The first-order chi connectivity index (χ1) is 12.1. The minimum Gasteiger partial charge on any atom is -0.467 e. The number of piperidine rings is 1. The van der Waals surface area contributed by atoms with Crippen molar-refractivity contribution in [3.8, 4) is 0 Å². The summed E-state index contributed by atoms with van der Waals surface area (Å²) in [6, 6.07) is 9.52. The Labute approximate surface area is 146 Å². The molecule has 2 atom stereocenters. The largest absolute Gasteiger partial charge is 0.467 e. The Morgan fingerprint density at radius 1 is 1.32 bits per heavy atom. The Hall–Kier alpha value is -2.18. The molecule has 1 fully saturated rings. The average molecular weight is 346 g/mol. The summed E-state index contributed by atoms with van der Waals surface area (Å²) in [7, 11) is 0. The number of halogens is 1. The molecule has 6 heteroatoms. The van der Waals surface area contributed by atoms with E-state index in [1.807, 2.05) is 0 Å². The number of rotatable bonds is 6. The molecule has 2 heterocycles. The summed E-state index contributed by atoms with van der Waals surface area (Å²) in [6.45, 7) is 1.56. The molecule has 134 valence electrons. The molecule has 1 aliphatic rings. The van der Waals surface area contributed by atoms with E-state index in [1.54, 1.807) is 24.3 Å². The molecule has 0 radical (unpaired) electrons. The lowest BCUT2D eigenvalue weighted by Crippen LogP contribution is -2.49. The van der Waals surface area contributed by atoms with Gasteiger partial charge in [0.2, 0.25) is 5.91 Å². The summed E-state index contributed by atoms with van der Waals surface area (Å²) in [4.78, 5) is 14.7. The van der Waals surface area contributed by atoms with Crippen molar-refractivity contribution in [1.29, 1.82) is 0 Å². The van der Waals surface area contributed by atoms with E-state index in [4.69, 9.17) is 4.42 Å². The molecular weight excluding hydrogens is 323 g/mol. The van der Waals surface area contributed by atoms with E-state index in [2.05, 4.69) is 10.2 Å². The summed E-state index contributed by atoms with van der Waals surface area (Å²) in [5.74, 6) is 0.0862. The van der Waals surface area contributed by atoms with Crippen molar-refractivity contribution >= 4 is 5.91 Å². The monoisotopic (exact) mass is 346 g/mol. The number of benzene rings is 1. The molecule has 1 amide bonds. The van der Waals surface area contributed by atoms with Crippen molar-refractivity contribution in [3.63, 3.8) is 0 Å². The molecule has 1 aliphatic heterocycles. The summed E-state index contributed by atoms with van der Waals surface area (Å²) >= 11 is 0. The van der Waals surface area contributed by atoms with Gasteiger partial charge in [0.05, 0.1) is 18.8 Å². The molecule has 2 N–H and O–H groups in total. The van der Waals surface area contributed by atoms with Crippen molar-refractivity contribution < 1.29 is 18.7 Å². The van der Waals surface area contributed by atoms with Crippen LogP contribution in [0, 0.1) is 5.82 Å². The Morgan fingerprint density at radius 3 is 2.84 bits per heavy atom. The number of aliphatic hydroxyl groups excluding tert-OH is 1. The van der Waals surface area contributed by atoms with Crippen LogP contribution in [0.2, 0.25) is 0 Å². The van der Waals surface area contributed by atoms with Crippen molar-refractivity contribution in [2.75, 3.05) is 13.1 Å². The average Bonchev–Trinajstić information content (AvgIpc) is 3.16. The highest BCUT2D eigenvalue weighted by atomic mass is 19.1. The van der Waals surface area contributed by atoms with Gasteiger partial charge in [-0.1, -0.05) is 18.6 Å². The standard InChI is InChI=1S/C19H23FN2O3/c20-15-8-6-14(7-9-15)13-22-10-2-1-4-16(22)19(24)21-12-17(23)18-5-3-11-25-18/h3,5-9,11,16-17,23H,1-2,4,10,12-13H2,(H,21,24). The van der Waals surface area contributed by atoms with E-state index in [0.717, 1.165) is 31.4 Å². The van der Waals surface area contributed by atoms with Gasteiger partial charge < -0.3 is 14.8 Å². The molecule has 3 rings (SSSR count). The number of furan rings is 1. The van der Waals surface area contributed by atoms with Crippen LogP contribution in [0.15, 0.2) is 47.1 Å². The lowest BCUT2D eigenvalue weighted by molar-refractivity contribution is -0.128. The number of nitrogens with one attached hydrogen (secondary N) is 1. The summed E-state index contributed by atoms with van der Waals surface area (Å²) in [6.07, 6.45) is 3.46. The second kappa shape index (κ2) is 8.27. The third-order valence-corrected chi connectivity index (χ3v) is 4.56. The predicted octanol–water partition coefficient (Wildman–Crippen LogP) is 2.62. The fraction of sp³-hybridized carbons (Fsp3) is 0.421. The number of aliphatic hydroxyl groups is 1. The molecule has 0 spiro atoms. The number of likely N-dealkylation sites (tertiary alicyclic amines) is 1. The van der Waals surface area contributed by atoms with Gasteiger partial charge in [-0.3, -0.25) is 9.69 Å². The first kappa shape index (κ1) is 17.6. The molecule has 2 aromatic rings. The van der Waals surface area contributed by atoms with Crippen molar-refractivity contribution in [1.82, 2.24) is 10.2 Å². The molecule has 1 saturated heterocycles. The van der Waals surface area contributed by atoms with Crippen LogP contribution in [0.4, 0.5) is 4.39 Å². The van der Waals surface area contributed by atoms with E-state index in [9.17, 15) is 14.3 Å². The molecule has 0 aliphatic carbocycles. The van der Waals surface area contributed by atoms with Gasteiger partial charge in [-0.05, 0) is 49.2 Å². The first-order valence-corrected chi connectivity index (χ1v) is 8.61. The van der Waals surface area contributed by atoms with E-state index in [1.165, 1.54) is 18.4 Å². The number of carbonyl (C=O) groups excluding carboxylic acids is 1. The zero-order valence-electron chi connectivity index (χ0n) is 14.0. The van der Waals surface area contributed by atoms with Crippen LogP contribution in [-0.4, -0.2) is 35.0 Å². The number of nitrogens with zero attached hydrogens (tertiary/aromatic N) is 1. The fourth-order valence-corrected chi connectivity index (χ4v) is 3.20. The zero-order valence-corrected chi connectivity index (χ0v) is 14.0. The Kier molecular flexibility index (Phi) is 5.83. The molecular formula is C19H23FN2O3. The van der Waals surface area contributed by atoms with E-state index in [-0.39, 0.29) is 24.3 Å². The molecule has 1 aromatic heterocycles. The molecule has 0 bridgehead atoms. The van der Waals surface area contributed by atoms with Gasteiger partial charge in [0.25, 0.3) is 0 Å². The van der Waals surface area contributed by atoms with Crippen LogP contribution in [-0.2, 0) is 11.3 Å². The van der Waals surface area contributed by atoms with Crippen LogP contribution in [0.5, 0.6) is 0 Å². The van der Waals surface area contributed by atoms with Crippen LogP contribution in [0.3, 0.4) is 0 Å². The maximum atomic E-state index is 13.1. The summed E-state index contributed by atoms with van der Waals surface area (Å²) < 4.78 is 18.2. The second-order valence-corrected chi connectivity index (χ2v) is 6.38. The molecule has 1 aromatic carbocycles. The van der Waals surface area contributed by atoms with Gasteiger partial charge in [0.15, 0.2) is 0 Å². The topological polar surface area (TPSA) is 65.7 Å². The second-order valence-electron chi connectivity index (χ2n) is 6.38. The van der Waals surface area contributed by atoms with E-state index >= 15 is 0 Å². The van der Waals surface area contributed by atoms with Gasteiger partial charge in [-0.15, -0.1) is 0 Å². The summed E-state index contributed by atoms with van der Waals surface area (Å²) in [5.41, 5.74) is 0.983. The van der Waals surface area contributed by atoms with Gasteiger partial charge in [-0.25, -0.2) is 4.39 Å². The van der Waals surface area contributed by atoms with Gasteiger partial charge >= 0.3 is 0 Å². The number of hydrogen-bond donors (Lipinski definition) is 2. The maximum Gasteiger partial charge on any atom is 0.237 e. The first-order valence-electron chi connectivity index (χ1n) is 8.61. The highest BCUT2D eigenvalue weighted by molar-refractivity contribution is 5.81. The molecule has 0 saturated carbocycles. The van der Waals surface area contributed by atoms with Crippen molar-refractivity contribution in [3.05, 3.63) is 59.8 Å². The summed E-state index contributed by atoms with van der Waals surface area (Å²) in [5, 5.41) is 12.8. The van der Waals surface area contributed by atoms with Crippen LogP contribution < -0.4 is 5.32 Å². The zero-order chi connectivity index (χ0) is 17.6. The molecule has 5 nitrogen and oxygen atoms in total. The highest BCUT2D eigenvalue weighted by Gasteiger charge is 2.29. The number of carbonyl (C=O) groups is 1. The SMILES string of the molecule is O=C(NCC(O)c1ccco1)C1CCCCN1Cc1ccc(F)cc1. The molecule has 25 heavy (non-hydrogen) atoms. The van der Waals surface area contributed by atoms with Crippen molar-refractivity contribution in [2.45, 2.75) is 38.0 Å². The Morgan fingerprint density at radius 2 is 2.12 bits per heavy atom. The van der Waals surface area contributed by atoms with Crippen LogP contribution >= 0.6 is 0 Å². The van der Waals surface area contributed by atoms with E-state index in [0.29, 0.717) is 12.3 Å². The number of hydrogen-bond acceptors (Lipinski definition) is 4. The quantitative estimate of drug-likeness (QED) is 0.844. The van der Waals surface area contributed by atoms with Crippen LogP contribution in [0.25, 0.3) is 0 Å². The highest BCUT2D eigenvalue weighted by Crippen LogP contribution is 2.20. The lowest BCUT2D eigenvalue weighted by Gasteiger charge is -2.34.